The molecule has 1 aromatic carbocycles. The summed E-state index contributed by atoms with van der Waals surface area (Å²) in [6.45, 7) is 3.40. The van der Waals surface area contributed by atoms with E-state index in [0.717, 1.165) is 48.7 Å². The van der Waals surface area contributed by atoms with Gasteiger partial charge >= 0.3 is 0 Å². The average molecular weight is 292 g/mol. The molecule has 21 heavy (non-hydrogen) atoms. The molecule has 1 saturated heterocycles. The lowest BCUT2D eigenvalue weighted by molar-refractivity contribution is 0.170. The van der Waals surface area contributed by atoms with Crippen molar-refractivity contribution in [1.82, 2.24) is 4.90 Å². The van der Waals surface area contributed by atoms with Crippen LogP contribution < -0.4 is 15.2 Å². The molecule has 3 N–H and O–H groups in total. The Morgan fingerprint density at radius 3 is 2.76 bits per heavy atom. The van der Waals surface area contributed by atoms with E-state index in [4.69, 9.17) is 20.3 Å². The highest BCUT2D eigenvalue weighted by Crippen LogP contribution is 2.35. The summed E-state index contributed by atoms with van der Waals surface area (Å²) in [4.78, 5) is 2.47. The second-order valence-electron chi connectivity index (χ2n) is 5.83. The predicted molar refractivity (Wildman–Crippen MR) is 81.6 cm³/mol. The number of likely N-dealkylation sites (tertiary alicyclic amines) is 1. The van der Waals surface area contributed by atoms with Crippen LogP contribution in [0.3, 0.4) is 0 Å². The minimum absolute atomic E-state index is 0.274. The fraction of sp³-hybridized carbons (Fsp3) is 0.625. The molecule has 3 rings (SSSR count). The molecule has 1 aromatic rings. The number of ether oxygens (including phenoxy) is 2. The van der Waals surface area contributed by atoms with Gasteiger partial charge in [-0.15, -0.1) is 0 Å². The fourth-order valence-corrected chi connectivity index (χ4v) is 3.26. The Bertz CT molecular complexity index is 493. The molecule has 0 aromatic heterocycles. The highest BCUT2D eigenvalue weighted by Gasteiger charge is 2.25. The minimum atomic E-state index is 0.274. The molecule has 2 aliphatic rings. The number of aliphatic hydroxyl groups is 1. The smallest absolute Gasteiger partial charge is 0.163 e. The monoisotopic (exact) mass is 292 g/mol. The van der Waals surface area contributed by atoms with Crippen LogP contribution in [0.4, 0.5) is 5.69 Å². The van der Waals surface area contributed by atoms with Gasteiger partial charge in [0.05, 0.1) is 0 Å². The minimum Gasteiger partial charge on any atom is -0.486 e. The molecule has 0 radical (unpaired) electrons. The molecule has 0 aliphatic carbocycles. The second kappa shape index (κ2) is 6.54. The molecule has 1 fully saturated rings. The topological polar surface area (TPSA) is 68.0 Å². The maximum absolute atomic E-state index is 9.01. The lowest BCUT2D eigenvalue weighted by atomic mass is 10.1. The third-order valence-electron chi connectivity index (χ3n) is 4.37. The number of hydrogen-bond acceptors (Lipinski definition) is 5. The van der Waals surface area contributed by atoms with Crippen molar-refractivity contribution in [3.63, 3.8) is 0 Å². The van der Waals surface area contributed by atoms with Crippen LogP contribution in [0.25, 0.3) is 0 Å². The van der Waals surface area contributed by atoms with Crippen LogP contribution in [0, 0.1) is 0 Å². The van der Waals surface area contributed by atoms with E-state index in [2.05, 4.69) is 4.90 Å². The van der Waals surface area contributed by atoms with Gasteiger partial charge in [0.15, 0.2) is 11.5 Å². The number of nitrogens with two attached hydrogens (primary N) is 1. The van der Waals surface area contributed by atoms with E-state index in [1.807, 2.05) is 12.1 Å². The predicted octanol–water partition coefficient (Wildman–Crippen LogP) is 1.78. The van der Waals surface area contributed by atoms with E-state index in [1.54, 1.807) is 0 Å². The van der Waals surface area contributed by atoms with Gasteiger partial charge in [-0.2, -0.15) is 0 Å². The number of rotatable bonds is 5. The van der Waals surface area contributed by atoms with E-state index in [0.29, 0.717) is 19.3 Å². The van der Waals surface area contributed by atoms with E-state index in [9.17, 15) is 0 Å². The van der Waals surface area contributed by atoms with Crippen molar-refractivity contribution in [2.24, 2.45) is 0 Å². The Morgan fingerprint density at radius 1 is 1.24 bits per heavy atom. The third-order valence-corrected chi connectivity index (χ3v) is 4.37. The second-order valence-corrected chi connectivity index (χ2v) is 5.83. The van der Waals surface area contributed by atoms with Crippen LogP contribution >= 0.6 is 0 Å². The van der Waals surface area contributed by atoms with Crippen LogP contribution in [0.15, 0.2) is 12.1 Å². The van der Waals surface area contributed by atoms with E-state index in [-0.39, 0.29) is 6.61 Å². The van der Waals surface area contributed by atoms with Crippen molar-refractivity contribution < 1.29 is 14.6 Å². The van der Waals surface area contributed by atoms with Crippen molar-refractivity contribution >= 4 is 5.69 Å². The number of aliphatic hydroxyl groups excluding tert-OH is 1. The number of fused-ring (bicyclic) bond motifs is 1. The highest BCUT2D eigenvalue weighted by molar-refractivity contribution is 5.58. The Balaban J connectivity index is 1.72. The molecule has 1 atom stereocenters. The van der Waals surface area contributed by atoms with Gasteiger partial charge in [-0.3, -0.25) is 4.90 Å². The number of hydrogen-bond donors (Lipinski definition) is 2. The molecule has 2 aliphatic heterocycles. The lowest BCUT2D eigenvalue weighted by Crippen LogP contribution is -2.29. The van der Waals surface area contributed by atoms with E-state index >= 15 is 0 Å². The summed E-state index contributed by atoms with van der Waals surface area (Å²) in [5, 5.41) is 9.01. The normalized spacial score (nSPS) is 21.7. The van der Waals surface area contributed by atoms with Gasteiger partial charge in [0.25, 0.3) is 0 Å². The summed E-state index contributed by atoms with van der Waals surface area (Å²) in [5.41, 5.74) is 8.04. The maximum atomic E-state index is 9.01. The average Bonchev–Trinajstić information content (AvgIpc) is 2.93. The number of nitrogen functional groups attached to an aromatic ring is 1. The summed E-state index contributed by atoms with van der Waals surface area (Å²) in [5.74, 6) is 1.55. The molecule has 0 spiro atoms. The van der Waals surface area contributed by atoms with Gasteiger partial charge < -0.3 is 20.3 Å². The first-order valence-electron chi connectivity index (χ1n) is 7.81. The molecule has 116 valence electrons. The number of anilines is 1. The van der Waals surface area contributed by atoms with Gasteiger partial charge in [0.1, 0.15) is 13.2 Å². The summed E-state index contributed by atoms with van der Waals surface area (Å²) in [6.07, 6.45) is 4.36. The molecular weight excluding hydrogens is 268 g/mol. The molecule has 0 bridgehead atoms. The highest BCUT2D eigenvalue weighted by atomic mass is 16.6. The Labute approximate surface area is 125 Å². The molecule has 2 heterocycles. The Hall–Kier alpha value is -1.46. The van der Waals surface area contributed by atoms with Crippen molar-refractivity contribution in [3.8, 4) is 11.5 Å². The van der Waals surface area contributed by atoms with Crippen molar-refractivity contribution in [1.29, 1.82) is 0 Å². The zero-order chi connectivity index (χ0) is 14.7. The molecule has 5 heteroatoms. The van der Waals surface area contributed by atoms with E-state index in [1.165, 1.54) is 12.8 Å². The summed E-state index contributed by atoms with van der Waals surface area (Å²) >= 11 is 0. The van der Waals surface area contributed by atoms with Crippen molar-refractivity contribution in [2.45, 2.75) is 38.3 Å². The van der Waals surface area contributed by atoms with Gasteiger partial charge in [-0.05, 0) is 43.9 Å². The van der Waals surface area contributed by atoms with Gasteiger partial charge in [-0.25, -0.2) is 0 Å². The SMILES string of the molecule is Nc1cc2c(cc1CN1CCCC1CCCO)OCCO2. The standard InChI is InChI=1S/C16H24N2O3/c17-14-10-16-15(20-7-8-21-16)9-12(14)11-18-5-1-3-13(18)4-2-6-19/h9-10,13,19H,1-8,11,17H2. The zero-order valence-electron chi connectivity index (χ0n) is 12.4. The molecule has 0 amide bonds. The Morgan fingerprint density at radius 2 is 2.00 bits per heavy atom. The van der Waals surface area contributed by atoms with E-state index < -0.39 is 0 Å². The molecule has 1 unspecified atom stereocenters. The third kappa shape index (κ3) is 3.24. The summed E-state index contributed by atoms with van der Waals surface area (Å²) < 4.78 is 11.2. The Kier molecular flexibility index (Phi) is 4.51. The fourth-order valence-electron chi connectivity index (χ4n) is 3.26. The maximum Gasteiger partial charge on any atom is 0.163 e. The first-order valence-corrected chi connectivity index (χ1v) is 7.81. The van der Waals surface area contributed by atoms with Gasteiger partial charge in [0.2, 0.25) is 0 Å². The lowest BCUT2D eigenvalue weighted by Gasteiger charge is -2.26. The summed E-state index contributed by atoms with van der Waals surface area (Å²) in [6, 6.07) is 4.46. The largest absolute Gasteiger partial charge is 0.486 e. The van der Waals surface area contributed by atoms with Crippen LogP contribution in [0.1, 0.15) is 31.2 Å². The van der Waals surface area contributed by atoms with Crippen LogP contribution in [0.5, 0.6) is 11.5 Å². The first-order chi connectivity index (χ1) is 10.3. The molecular formula is C16H24N2O3. The first kappa shape index (κ1) is 14.5. The van der Waals surface area contributed by atoms with Crippen molar-refractivity contribution in [2.75, 3.05) is 32.1 Å². The molecule has 5 nitrogen and oxygen atoms in total. The quantitative estimate of drug-likeness (QED) is 0.810. The number of benzene rings is 1. The van der Waals surface area contributed by atoms with Crippen LogP contribution in [-0.2, 0) is 6.54 Å². The molecule has 0 saturated carbocycles. The van der Waals surface area contributed by atoms with Gasteiger partial charge in [-0.1, -0.05) is 0 Å². The number of nitrogens with zero attached hydrogens (tertiary/aromatic N) is 1. The zero-order valence-corrected chi connectivity index (χ0v) is 12.4. The van der Waals surface area contributed by atoms with Gasteiger partial charge in [0, 0.05) is 30.9 Å². The van der Waals surface area contributed by atoms with Crippen LogP contribution in [-0.4, -0.2) is 42.4 Å². The van der Waals surface area contributed by atoms with Crippen LogP contribution in [0.2, 0.25) is 0 Å². The summed E-state index contributed by atoms with van der Waals surface area (Å²) in [7, 11) is 0. The van der Waals surface area contributed by atoms with Crippen molar-refractivity contribution in [3.05, 3.63) is 17.7 Å².